The number of para-hydroxylation sites is 1. The van der Waals surface area contributed by atoms with Crippen LogP contribution in [-0.4, -0.2) is 26.2 Å². The van der Waals surface area contributed by atoms with E-state index in [2.05, 4.69) is 15.3 Å². The fourth-order valence-corrected chi connectivity index (χ4v) is 2.30. The van der Waals surface area contributed by atoms with Crippen molar-refractivity contribution in [1.82, 2.24) is 14.9 Å². The monoisotopic (exact) mass is 330 g/mol. The Morgan fingerprint density at radius 2 is 2.05 bits per heavy atom. The van der Waals surface area contributed by atoms with Crippen molar-refractivity contribution < 1.29 is 5.11 Å². The van der Waals surface area contributed by atoms with Gasteiger partial charge in [0.25, 0.3) is 0 Å². The molecule has 110 valence electrons. The Labute approximate surface area is 136 Å². The number of hydrogen-bond acceptors (Lipinski definition) is 4. The minimum atomic E-state index is 0.144. The minimum absolute atomic E-state index is 0.144. The fourth-order valence-electron chi connectivity index (χ4n) is 1.93. The maximum absolute atomic E-state index is 9.76. The zero-order valence-corrected chi connectivity index (χ0v) is 12.8. The number of H-pyrrole nitrogens is 1. The lowest BCUT2D eigenvalue weighted by molar-refractivity contribution is 0.474. The molecule has 3 rings (SSSR count). The van der Waals surface area contributed by atoms with Gasteiger partial charge in [0.1, 0.15) is 5.75 Å². The van der Waals surface area contributed by atoms with E-state index in [9.17, 15) is 5.11 Å². The second-order valence-electron chi connectivity index (χ2n) is 4.48. The van der Waals surface area contributed by atoms with Crippen LogP contribution in [0, 0.1) is 4.77 Å². The van der Waals surface area contributed by atoms with Crippen molar-refractivity contribution in [1.29, 1.82) is 0 Å². The number of hydrogen-bond donors (Lipinski definition) is 2. The largest absolute Gasteiger partial charge is 0.507 e. The van der Waals surface area contributed by atoms with E-state index in [0.717, 1.165) is 5.56 Å². The topological polar surface area (TPSA) is 66.2 Å². The molecular formula is C15H11ClN4OS. The summed E-state index contributed by atoms with van der Waals surface area (Å²) in [6.07, 6.45) is 1.52. The number of rotatable bonds is 3. The van der Waals surface area contributed by atoms with Gasteiger partial charge in [0.05, 0.1) is 6.21 Å². The molecule has 5 nitrogen and oxygen atoms in total. The van der Waals surface area contributed by atoms with Gasteiger partial charge in [-0.3, -0.25) is 0 Å². The number of benzene rings is 2. The van der Waals surface area contributed by atoms with Crippen LogP contribution in [0.25, 0.3) is 11.4 Å². The van der Waals surface area contributed by atoms with Crippen LogP contribution >= 0.6 is 23.8 Å². The quantitative estimate of drug-likeness (QED) is 0.566. The molecule has 3 aromatic rings. The molecule has 1 aromatic heterocycles. The van der Waals surface area contributed by atoms with Crippen molar-refractivity contribution >= 4 is 30.0 Å². The van der Waals surface area contributed by atoms with Crippen LogP contribution in [0.2, 0.25) is 5.02 Å². The predicted molar refractivity (Wildman–Crippen MR) is 89.0 cm³/mol. The normalized spacial score (nSPS) is 11.1. The second kappa shape index (κ2) is 6.13. The Morgan fingerprint density at radius 3 is 2.82 bits per heavy atom. The van der Waals surface area contributed by atoms with E-state index in [1.165, 1.54) is 10.9 Å². The lowest BCUT2D eigenvalue weighted by atomic mass is 10.2. The van der Waals surface area contributed by atoms with E-state index in [1.54, 1.807) is 30.3 Å². The number of aromatic nitrogens is 3. The third-order valence-corrected chi connectivity index (χ3v) is 3.48. The maximum Gasteiger partial charge on any atom is 0.216 e. The van der Waals surface area contributed by atoms with Gasteiger partial charge in [-0.15, -0.1) is 0 Å². The van der Waals surface area contributed by atoms with Crippen LogP contribution < -0.4 is 0 Å². The van der Waals surface area contributed by atoms with Crippen molar-refractivity contribution in [2.75, 3.05) is 0 Å². The van der Waals surface area contributed by atoms with Gasteiger partial charge >= 0.3 is 0 Å². The number of aromatic hydroxyl groups is 1. The highest BCUT2D eigenvalue weighted by molar-refractivity contribution is 7.71. The standard InChI is InChI=1S/C15H11ClN4OS/c16-12-6-3-5-10(8-12)14-18-19-15(22)20(14)17-9-11-4-1-2-7-13(11)21/h1-9,21H,(H,19,22). The molecular weight excluding hydrogens is 320 g/mol. The Bertz CT molecular complexity index is 900. The zero-order valence-electron chi connectivity index (χ0n) is 11.3. The molecule has 0 amide bonds. The first-order chi connectivity index (χ1) is 10.6. The molecule has 0 aliphatic rings. The average Bonchev–Trinajstić information content (AvgIpc) is 2.87. The van der Waals surface area contributed by atoms with Crippen molar-refractivity contribution in [2.24, 2.45) is 5.10 Å². The maximum atomic E-state index is 9.76. The molecule has 0 radical (unpaired) electrons. The molecule has 1 heterocycles. The van der Waals surface area contributed by atoms with Crippen LogP contribution in [-0.2, 0) is 0 Å². The van der Waals surface area contributed by atoms with Gasteiger partial charge in [0.2, 0.25) is 4.77 Å². The number of nitrogens with one attached hydrogen (secondary N) is 1. The summed E-state index contributed by atoms with van der Waals surface area (Å²) in [4.78, 5) is 0. The summed E-state index contributed by atoms with van der Waals surface area (Å²) >= 11 is 11.2. The molecule has 0 fully saturated rings. The van der Waals surface area contributed by atoms with Crippen LogP contribution in [0.1, 0.15) is 5.56 Å². The SMILES string of the molecule is Oc1ccccc1C=Nn1c(-c2cccc(Cl)c2)n[nH]c1=S. The lowest BCUT2D eigenvalue weighted by Crippen LogP contribution is -1.95. The summed E-state index contributed by atoms with van der Waals surface area (Å²) in [5, 5.41) is 21.5. The number of nitrogens with zero attached hydrogens (tertiary/aromatic N) is 3. The summed E-state index contributed by atoms with van der Waals surface area (Å²) in [6.45, 7) is 0. The predicted octanol–water partition coefficient (Wildman–Crippen LogP) is 3.85. The number of aromatic amines is 1. The first kappa shape index (κ1) is 14.5. The molecule has 0 aliphatic carbocycles. The number of halogens is 1. The van der Waals surface area contributed by atoms with Gasteiger partial charge < -0.3 is 5.11 Å². The van der Waals surface area contributed by atoms with Gasteiger partial charge in [0, 0.05) is 16.1 Å². The van der Waals surface area contributed by atoms with E-state index >= 15 is 0 Å². The van der Waals surface area contributed by atoms with Gasteiger partial charge in [-0.05, 0) is 36.5 Å². The van der Waals surface area contributed by atoms with Crippen LogP contribution in [0.4, 0.5) is 0 Å². The fraction of sp³-hybridized carbons (Fsp3) is 0. The molecule has 7 heteroatoms. The molecule has 2 N–H and O–H groups in total. The van der Waals surface area contributed by atoms with E-state index < -0.39 is 0 Å². The molecule has 0 atom stereocenters. The summed E-state index contributed by atoms with van der Waals surface area (Å²) in [5.74, 6) is 0.685. The molecule has 0 spiro atoms. The molecule has 22 heavy (non-hydrogen) atoms. The van der Waals surface area contributed by atoms with Gasteiger partial charge in [-0.25, -0.2) is 5.10 Å². The summed E-state index contributed by atoms with van der Waals surface area (Å²) in [5.41, 5.74) is 1.37. The van der Waals surface area contributed by atoms with E-state index in [0.29, 0.717) is 21.2 Å². The molecule has 2 aromatic carbocycles. The number of phenols is 1. The van der Waals surface area contributed by atoms with E-state index in [-0.39, 0.29) is 5.75 Å². The second-order valence-corrected chi connectivity index (χ2v) is 5.30. The first-order valence-electron chi connectivity index (χ1n) is 6.41. The van der Waals surface area contributed by atoms with Gasteiger partial charge in [-0.1, -0.05) is 35.9 Å². The average molecular weight is 331 g/mol. The van der Waals surface area contributed by atoms with E-state index in [4.69, 9.17) is 23.8 Å². The van der Waals surface area contributed by atoms with Crippen molar-refractivity contribution in [3.63, 3.8) is 0 Å². The van der Waals surface area contributed by atoms with Crippen LogP contribution in [0.3, 0.4) is 0 Å². The van der Waals surface area contributed by atoms with E-state index in [1.807, 2.05) is 18.2 Å². The van der Waals surface area contributed by atoms with Crippen molar-refractivity contribution in [2.45, 2.75) is 0 Å². The Hall–Kier alpha value is -2.44. The Balaban J connectivity index is 2.04. The Kier molecular flexibility index (Phi) is 4.04. The number of phenolic OH excluding ortho intramolecular Hbond substituents is 1. The molecule has 0 saturated carbocycles. The minimum Gasteiger partial charge on any atom is -0.507 e. The molecule has 0 unspecified atom stereocenters. The smallest absolute Gasteiger partial charge is 0.216 e. The first-order valence-corrected chi connectivity index (χ1v) is 7.19. The van der Waals surface area contributed by atoms with Gasteiger partial charge in [-0.2, -0.15) is 14.9 Å². The Morgan fingerprint density at radius 1 is 1.23 bits per heavy atom. The molecule has 0 aliphatic heterocycles. The van der Waals surface area contributed by atoms with Gasteiger partial charge in [0.15, 0.2) is 5.82 Å². The van der Waals surface area contributed by atoms with Crippen LogP contribution in [0.15, 0.2) is 53.6 Å². The lowest BCUT2D eigenvalue weighted by Gasteiger charge is -2.02. The third kappa shape index (κ3) is 2.93. The highest BCUT2D eigenvalue weighted by Gasteiger charge is 2.08. The highest BCUT2D eigenvalue weighted by atomic mass is 35.5. The highest BCUT2D eigenvalue weighted by Crippen LogP contribution is 2.21. The summed E-state index contributed by atoms with van der Waals surface area (Å²) in [7, 11) is 0. The van der Waals surface area contributed by atoms with Crippen molar-refractivity contribution in [3.8, 4) is 17.1 Å². The molecule has 0 saturated heterocycles. The third-order valence-electron chi connectivity index (χ3n) is 2.98. The zero-order chi connectivity index (χ0) is 15.5. The summed E-state index contributed by atoms with van der Waals surface area (Å²) < 4.78 is 1.83. The molecule has 0 bridgehead atoms. The van der Waals surface area contributed by atoms with Crippen LogP contribution in [0.5, 0.6) is 5.75 Å². The van der Waals surface area contributed by atoms with Crippen molar-refractivity contribution in [3.05, 3.63) is 63.9 Å². The summed E-state index contributed by atoms with van der Waals surface area (Å²) in [6, 6.07) is 14.1.